The Labute approximate surface area is 111 Å². The summed E-state index contributed by atoms with van der Waals surface area (Å²) in [4.78, 5) is 0. The highest BCUT2D eigenvalue weighted by Gasteiger charge is 2.26. The minimum Gasteiger partial charge on any atom is -0.493 e. The van der Waals surface area contributed by atoms with Crippen LogP contribution < -0.4 is 14.8 Å². The van der Waals surface area contributed by atoms with E-state index in [9.17, 15) is 0 Å². The molecule has 0 amide bonds. The molecule has 1 aromatic carbocycles. The first-order chi connectivity index (χ1) is 8.22. The molecule has 1 aliphatic rings. The van der Waals surface area contributed by atoms with Gasteiger partial charge in [0.1, 0.15) is 0 Å². The van der Waals surface area contributed by atoms with Gasteiger partial charge in [0.15, 0.2) is 11.5 Å². The van der Waals surface area contributed by atoms with Crippen molar-refractivity contribution in [3.05, 3.63) is 21.7 Å². The molecule has 0 saturated carbocycles. The van der Waals surface area contributed by atoms with Crippen molar-refractivity contribution in [3.8, 4) is 11.5 Å². The highest BCUT2D eigenvalue weighted by molar-refractivity contribution is 9.10. The molecule has 0 saturated heterocycles. The van der Waals surface area contributed by atoms with Crippen LogP contribution >= 0.6 is 15.9 Å². The molecule has 94 valence electrons. The first-order valence-electron chi connectivity index (χ1n) is 5.89. The Bertz CT molecular complexity index is 420. The summed E-state index contributed by atoms with van der Waals surface area (Å²) >= 11 is 3.63. The highest BCUT2D eigenvalue weighted by atomic mass is 79.9. The summed E-state index contributed by atoms with van der Waals surface area (Å²) < 4.78 is 12.0. The number of fused-ring (bicyclic) bond motifs is 1. The summed E-state index contributed by atoms with van der Waals surface area (Å²) in [5.74, 6) is 1.66. The zero-order valence-electron chi connectivity index (χ0n) is 10.5. The monoisotopic (exact) mass is 299 g/mol. The number of halogens is 1. The van der Waals surface area contributed by atoms with E-state index in [-0.39, 0.29) is 0 Å². The zero-order valence-corrected chi connectivity index (χ0v) is 12.1. The lowest BCUT2D eigenvalue weighted by molar-refractivity contribution is 0.341. The van der Waals surface area contributed by atoms with E-state index in [1.807, 2.05) is 6.07 Å². The van der Waals surface area contributed by atoms with Crippen LogP contribution in [0.15, 0.2) is 10.5 Å². The van der Waals surface area contributed by atoms with Gasteiger partial charge in [0.05, 0.1) is 14.2 Å². The first-order valence-corrected chi connectivity index (χ1v) is 6.68. The van der Waals surface area contributed by atoms with Crippen molar-refractivity contribution >= 4 is 15.9 Å². The number of benzene rings is 1. The fourth-order valence-corrected chi connectivity index (χ4v) is 3.09. The third-order valence-electron chi connectivity index (χ3n) is 3.29. The summed E-state index contributed by atoms with van der Waals surface area (Å²) in [5.41, 5.74) is 2.58. The molecular weight excluding hydrogens is 282 g/mol. The van der Waals surface area contributed by atoms with Gasteiger partial charge in [-0.3, -0.25) is 0 Å². The third kappa shape index (κ3) is 2.16. The van der Waals surface area contributed by atoms with Crippen LogP contribution in [0.25, 0.3) is 0 Å². The lowest BCUT2D eigenvalue weighted by atomic mass is 9.91. The molecule has 0 aliphatic carbocycles. The van der Waals surface area contributed by atoms with Crippen molar-refractivity contribution in [2.75, 3.05) is 20.8 Å². The Kier molecular flexibility index (Phi) is 3.94. The average molecular weight is 300 g/mol. The largest absolute Gasteiger partial charge is 0.493 e. The van der Waals surface area contributed by atoms with Crippen molar-refractivity contribution in [1.29, 1.82) is 0 Å². The van der Waals surface area contributed by atoms with Crippen molar-refractivity contribution in [2.24, 2.45) is 0 Å². The van der Waals surface area contributed by atoms with Gasteiger partial charge in [0, 0.05) is 16.1 Å². The minimum absolute atomic E-state index is 0.347. The molecule has 17 heavy (non-hydrogen) atoms. The lowest BCUT2D eigenvalue weighted by Crippen LogP contribution is -2.30. The topological polar surface area (TPSA) is 30.5 Å². The second kappa shape index (κ2) is 5.27. The summed E-state index contributed by atoms with van der Waals surface area (Å²) in [6.45, 7) is 3.19. The van der Waals surface area contributed by atoms with Gasteiger partial charge in [-0.25, -0.2) is 0 Å². The highest BCUT2D eigenvalue weighted by Crippen LogP contribution is 2.43. The molecular formula is C13H18BrNO2. The van der Waals surface area contributed by atoms with Gasteiger partial charge < -0.3 is 14.8 Å². The first kappa shape index (κ1) is 12.7. The second-order valence-electron chi connectivity index (χ2n) is 4.15. The van der Waals surface area contributed by atoms with Crippen LogP contribution in [0.3, 0.4) is 0 Å². The maximum atomic E-state index is 5.54. The SMILES string of the molecule is CCC1NCCc2c(Br)cc(OC)c(OC)c21. The van der Waals surface area contributed by atoms with Gasteiger partial charge in [-0.2, -0.15) is 0 Å². The summed E-state index contributed by atoms with van der Waals surface area (Å²) in [6, 6.07) is 2.34. The van der Waals surface area contributed by atoms with E-state index in [0.717, 1.165) is 35.4 Å². The molecule has 1 aliphatic heterocycles. The summed E-state index contributed by atoms with van der Waals surface area (Å²) in [7, 11) is 3.38. The Morgan fingerprint density at radius 2 is 2.18 bits per heavy atom. The molecule has 0 aromatic heterocycles. The van der Waals surface area contributed by atoms with Gasteiger partial charge in [-0.1, -0.05) is 22.9 Å². The van der Waals surface area contributed by atoms with Crippen LogP contribution in [0.5, 0.6) is 11.5 Å². The van der Waals surface area contributed by atoms with Crippen molar-refractivity contribution < 1.29 is 9.47 Å². The van der Waals surface area contributed by atoms with Gasteiger partial charge in [0.2, 0.25) is 0 Å². The van der Waals surface area contributed by atoms with Crippen LogP contribution in [0, 0.1) is 0 Å². The molecule has 0 radical (unpaired) electrons. The Morgan fingerprint density at radius 1 is 1.41 bits per heavy atom. The van der Waals surface area contributed by atoms with Crippen LogP contribution in [0.2, 0.25) is 0 Å². The molecule has 2 rings (SSSR count). The van der Waals surface area contributed by atoms with Crippen molar-refractivity contribution in [3.63, 3.8) is 0 Å². The minimum atomic E-state index is 0.347. The van der Waals surface area contributed by atoms with Crippen molar-refractivity contribution in [1.82, 2.24) is 5.32 Å². The quantitative estimate of drug-likeness (QED) is 0.930. The van der Waals surface area contributed by atoms with E-state index in [2.05, 4.69) is 28.2 Å². The molecule has 3 nitrogen and oxygen atoms in total. The number of hydrogen-bond donors (Lipinski definition) is 1. The van der Waals surface area contributed by atoms with Gasteiger partial charge in [0.25, 0.3) is 0 Å². The molecule has 0 spiro atoms. The molecule has 1 atom stereocenters. The maximum Gasteiger partial charge on any atom is 0.165 e. The second-order valence-corrected chi connectivity index (χ2v) is 5.01. The molecule has 4 heteroatoms. The standard InChI is InChI=1S/C13H18BrNO2/c1-4-10-12-8(5-6-15-10)9(14)7-11(16-2)13(12)17-3/h7,10,15H,4-6H2,1-3H3. The van der Waals surface area contributed by atoms with E-state index in [1.165, 1.54) is 11.1 Å². The number of nitrogens with one attached hydrogen (secondary N) is 1. The predicted molar refractivity (Wildman–Crippen MR) is 72.0 cm³/mol. The van der Waals surface area contributed by atoms with Crippen LogP contribution in [0.4, 0.5) is 0 Å². The number of rotatable bonds is 3. The van der Waals surface area contributed by atoms with E-state index in [4.69, 9.17) is 9.47 Å². The number of ether oxygens (including phenoxy) is 2. The molecule has 1 unspecified atom stereocenters. The lowest BCUT2D eigenvalue weighted by Gasteiger charge is -2.29. The van der Waals surface area contributed by atoms with Gasteiger partial charge in [-0.15, -0.1) is 0 Å². The summed E-state index contributed by atoms with van der Waals surface area (Å²) in [6.07, 6.45) is 2.07. The Morgan fingerprint density at radius 3 is 2.76 bits per heavy atom. The van der Waals surface area contributed by atoms with Crippen LogP contribution in [-0.4, -0.2) is 20.8 Å². The smallest absolute Gasteiger partial charge is 0.165 e. The van der Waals surface area contributed by atoms with Gasteiger partial charge >= 0.3 is 0 Å². The number of hydrogen-bond acceptors (Lipinski definition) is 3. The van der Waals surface area contributed by atoms with E-state index < -0.39 is 0 Å². The predicted octanol–water partition coefficient (Wildman–Crippen LogP) is 3.06. The zero-order chi connectivity index (χ0) is 12.4. The number of methoxy groups -OCH3 is 2. The molecule has 1 heterocycles. The van der Waals surface area contributed by atoms with Gasteiger partial charge in [-0.05, 0) is 31.0 Å². The maximum absolute atomic E-state index is 5.54. The van der Waals surface area contributed by atoms with Crippen molar-refractivity contribution in [2.45, 2.75) is 25.8 Å². The van der Waals surface area contributed by atoms with Crippen LogP contribution in [-0.2, 0) is 6.42 Å². The fraction of sp³-hybridized carbons (Fsp3) is 0.538. The normalized spacial score (nSPS) is 18.7. The fourth-order valence-electron chi connectivity index (χ4n) is 2.47. The average Bonchev–Trinajstić information content (AvgIpc) is 2.37. The molecule has 0 bridgehead atoms. The molecule has 1 aromatic rings. The van der Waals surface area contributed by atoms with Crippen LogP contribution in [0.1, 0.15) is 30.5 Å². The third-order valence-corrected chi connectivity index (χ3v) is 3.99. The molecule has 1 N–H and O–H groups in total. The molecule has 0 fully saturated rings. The van der Waals surface area contributed by atoms with E-state index in [1.54, 1.807) is 14.2 Å². The van der Waals surface area contributed by atoms with E-state index >= 15 is 0 Å². The summed E-state index contributed by atoms with van der Waals surface area (Å²) in [5, 5.41) is 3.52. The van der Waals surface area contributed by atoms with E-state index in [0.29, 0.717) is 6.04 Å². The Balaban J connectivity index is 2.64. The Hall–Kier alpha value is -0.740.